The molecule has 2 N–H and O–H groups in total. The number of imide groups is 1. The molecule has 4 aliphatic heterocycles. The number of hydrogen-bond donors (Lipinski definition) is 2. The van der Waals surface area contributed by atoms with Gasteiger partial charge < -0.3 is 10.2 Å². The van der Waals surface area contributed by atoms with Gasteiger partial charge in [0.05, 0.1) is 0 Å². The van der Waals surface area contributed by atoms with E-state index in [1.807, 2.05) is 12.1 Å². The van der Waals surface area contributed by atoms with Crippen LogP contribution in [0.1, 0.15) is 61.0 Å². The number of hydrogen-bond acceptors (Lipinski definition) is 5. The van der Waals surface area contributed by atoms with Crippen LogP contribution < -0.4 is 10.6 Å². The summed E-state index contributed by atoms with van der Waals surface area (Å²) in [4.78, 5) is 41.0. The van der Waals surface area contributed by atoms with E-state index in [1.54, 1.807) is 4.90 Å². The molecule has 1 aromatic rings. The fourth-order valence-corrected chi connectivity index (χ4v) is 5.92. The molecule has 0 bridgehead atoms. The van der Waals surface area contributed by atoms with E-state index in [-0.39, 0.29) is 24.1 Å². The highest BCUT2D eigenvalue weighted by Gasteiger charge is 2.44. The van der Waals surface area contributed by atoms with Crippen LogP contribution in [0.15, 0.2) is 18.2 Å². The predicted molar refractivity (Wildman–Crippen MR) is 116 cm³/mol. The molecule has 3 fully saturated rings. The summed E-state index contributed by atoms with van der Waals surface area (Å²) in [7, 11) is 0. The van der Waals surface area contributed by atoms with Gasteiger partial charge in [0.1, 0.15) is 6.04 Å². The standard InChI is InChI=1S/C24H32N4O3/c1-24(2)14-25-21(24)15-8-10-27(11-9-15)12-16-4-3-5-17-18(16)13-28(23(17)31)19-6-7-20(29)26-22(19)30/h3-5,15,19,21,25H,6-14H2,1-2H3,(H,26,29,30). The first kappa shape index (κ1) is 20.6. The maximum atomic E-state index is 13.0. The zero-order valence-electron chi connectivity index (χ0n) is 18.4. The lowest BCUT2D eigenvalue weighted by molar-refractivity contribution is -0.136. The number of carbonyl (C=O) groups excluding carboxylic acids is 3. The van der Waals surface area contributed by atoms with Crippen molar-refractivity contribution in [2.45, 2.75) is 64.7 Å². The second-order valence-electron chi connectivity index (χ2n) is 10.3. The number of likely N-dealkylation sites (tertiary alicyclic amines) is 1. The van der Waals surface area contributed by atoms with Crippen molar-refractivity contribution >= 4 is 17.7 Å². The van der Waals surface area contributed by atoms with Gasteiger partial charge in [-0.3, -0.25) is 24.6 Å². The molecule has 31 heavy (non-hydrogen) atoms. The molecule has 2 unspecified atom stereocenters. The largest absolute Gasteiger partial charge is 0.322 e. The third-order valence-electron chi connectivity index (χ3n) is 7.80. The van der Waals surface area contributed by atoms with Crippen molar-refractivity contribution in [1.82, 2.24) is 20.4 Å². The Morgan fingerprint density at radius 1 is 1.10 bits per heavy atom. The van der Waals surface area contributed by atoms with Crippen LogP contribution in [0.25, 0.3) is 0 Å². The summed E-state index contributed by atoms with van der Waals surface area (Å²) in [5, 5.41) is 6.01. The van der Waals surface area contributed by atoms with Gasteiger partial charge in [0, 0.05) is 37.7 Å². The van der Waals surface area contributed by atoms with E-state index in [1.165, 1.54) is 18.4 Å². The molecule has 0 spiro atoms. The average Bonchev–Trinajstić information content (AvgIpc) is 3.06. The van der Waals surface area contributed by atoms with Crippen LogP contribution in [-0.4, -0.2) is 59.2 Å². The Morgan fingerprint density at radius 3 is 2.52 bits per heavy atom. The zero-order chi connectivity index (χ0) is 21.8. The highest BCUT2D eigenvalue weighted by atomic mass is 16.2. The van der Waals surface area contributed by atoms with Gasteiger partial charge in [-0.05, 0) is 60.9 Å². The van der Waals surface area contributed by atoms with Gasteiger partial charge in [0.15, 0.2) is 0 Å². The van der Waals surface area contributed by atoms with Crippen LogP contribution in [0.3, 0.4) is 0 Å². The number of rotatable bonds is 4. The van der Waals surface area contributed by atoms with Crippen molar-refractivity contribution in [3.8, 4) is 0 Å². The summed E-state index contributed by atoms with van der Waals surface area (Å²) < 4.78 is 0. The maximum Gasteiger partial charge on any atom is 0.255 e. The Bertz CT molecular complexity index is 919. The van der Waals surface area contributed by atoms with Crippen molar-refractivity contribution in [3.63, 3.8) is 0 Å². The third kappa shape index (κ3) is 3.68. The summed E-state index contributed by atoms with van der Waals surface area (Å²) >= 11 is 0. The summed E-state index contributed by atoms with van der Waals surface area (Å²) in [6, 6.07) is 6.01. The van der Waals surface area contributed by atoms with Gasteiger partial charge >= 0.3 is 0 Å². The normalized spacial score (nSPS) is 29.0. The van der Waals surface area contributed by atoms with E-state index in [2.05, 4.69) is 35.4 Å². The minimum Gasteiger partial charge on any atom is -0.322 e. The Hall–Kier alpha value is -2.25. The number of nitrogens with zero attached hydrogens (tertiary/aromatic N) is 2. The second kappa shape index (κ2) is 7.71. The molecule has 7 nitrogen and oxygen atoms in total. The number of benzene rings is 1. The molecule has 0 saturated carbocycles. The van der Waals surface area contributed by atoms with E-state index >= 15 is 0 Å². The quantitative estimate of drug-likeness (QED) is 0.719. The Morgan fingerprint density at radius 2 is 1.87 bits per heavy atom. The molecule has 5 rings (SSSR count). The molecule has 0 aromatic heterocycles. The molecule has 3 amide bonds. The number of fused-ring (bicyclic) bond motifs is 1. The van der Waals surface area contributed by atoms with Crippen LogP contribution in [0, 0.1) is 11.3 Å². The summed E-state index contributed by atoms with van der Waals surface area (Å²) in [6.07, 6.45) is 3.10. The third-order valence-corrected chi connectivity index (χ3v) is 7.80. The molecular weight excluding hydrogens is 392 g/mol. The Balaban J connectivity index is 1.25. The molecule has 4 aliphatic rings. The lowest BCUT2D eigenvalue weighted by Gasteiger charge is -2.51. The monoisotopic (exact) mass is 424 g/mol. The summed E-state index contributed by atoms with van der Waals surface area (Å²) in [5.41, 5.74) is 3.34. The van der Waals surface area contributed by atoms with E-state index in [4.69, 9.17) is 0 Å². The number of carbonyl (C=O) groups is 3. The van der Waals surface area contributed by atoms with Gasteiger partial charge in [0.25, 0.3) is 5.91 Å². The molecule has 1 aromatic carbocycles. The van der Waals surface area contributed by atoms with Gasteiger partial charge in [0.2, 0.25) is 11.8 Å². The molecule has 4 heterocycles. The Labute approximate surface area is 183 Å². The number of nitrogens with one attached hydrogen (secondary N) is 2. The fourth-order valence-electron chi connectivity index (χ4n) is 5.92. The van der Waals surface area contributed by atoms with Crippen molar-refractivity contribution in [3.05, 3.63) is 34.9 Å². The van der Waals surface area contributed by atoms with Crippen LogP contribution in [0.5, 0.6) is 0 Å². The van der Waals surface area contributed by atoms with Crippen LogP contribution in [-0.2, 0) is 22.7 Å². The van der Waals surface area contributed by atoms with Gasteiger partial charge in [-0.1, -0.05) is 26.0 Å². The highest BCUT2D eigenvalue weighted by molar-refractivity contribution is 6.05. The van der Waals surface area contributed by atoms with Gasteiger partial charge in [-0.2, -0.15) is 0 Å². The smallest absolute Gasteiger partial charge is 0.255 e. The lowest BCUT2D eigenvalue weighted by Crippen LogP contribution is -2.63. The highest BCUT2D eigenvalue weighted by Crippen LogP contribution is 2.38. The molecule has 3 saturated heterocycles. The van der Waals surface area contributed by atoms with Crippen molar-refractivity contribution in [2.75, 3.05) is 19.6 Å². The second-order valence-corrected chi connectivity index (χ2v) is 10.3. The fraction of sp³-hybridized carbons (Fsp3) is 0.625. The van der Waals surface area contributed by atoms with Crippen LogP contribution in [0.2, 0.25) is 0 Å². The van der Waals surface area contributed by atoms with E-state index < -0.39 is 6.04 Å². The Kier molecular flexibility index (Phi) is 5.13. The van der Waals surface area contributed by atoms with E-state index in [0.29, 0.717) is 30.0 Å². The minimum atomic E-state index is -0.556. The SMILES string of the molecule is CC1(C)CNC1C1CCN(Cc2cccc3c2CN(C2CCC(=O)NC2=O)C3=O)CC1. The van der Waals surface area contributed by atoms with Gasteiger partial charge in [-0.15, -0.1) is 0 Å². The lowest BCUT2D eigenvalue weighted by atomic mass is 9.68. The first-order chi connectivity index (χ1) is 14.8. The zero-order valence-corrected chi connectivity index (χ0v) is 18.4. The predicted octanol–water partition coefficient (Wildman–Crippen LogP) is 1.66. The van der Waals surface area contributed by atoms with Crippen molar-refractivity contribution < 1.29 is 14.4 Å². The minimum absolute atomic E-state index is 0.0941. The van der Waals surface area contributed by atoms with E-state index in [0.717, 1.165) is 37.7 Å². The molecule has 2 atom stereocenters. The number of amides is 3. The van der Waals surface area contributed by atoms with E-state index in [9.17, 15) is 14.4 Å². The van der Waals surface area contributed by atoms with Crippen molar-refractivity contribution in [1.29, 1.82) is 0 Å². The molecule has 166 valence electrons. The molecule has 7 heteroatoms. The maximum absolute atomic E-state index is 13.0. The average molecular weight is 425 g/mol. The topological polar surface area (TPSA) is 81.8 Å². The molecule has 0 radical (unpaired) electrons. The van der Waals surface area contributed by atoms with Crippen molar-refractivity contribution in [2.24, 2.45) is 11.3 Å². The van der Waals surface area contributed by atoms with Gasteiger partial charge in [-0.25, -0.2) is 0 Å². The molecule has 0 aliphatic carbocycles. The molecular formula is C24H32N4O3. The first-order valence-electron chi connectivity index (χ1n) is 11.5. The first-order valence-corrected chi connectivity index (χ1v) is 11.5. The van der Waals surface area contributed by atoms with Crippen LogP contribution in [0.4, 0.5) is 0 Å². The summed E-state index contributed by atoms with van der Waals surface area (Å²) in [5.74, 6) is 0.0398. The number of piperidine rings is 2. The summed E-state index contributed by atoms with van der Waals surface area (Å²) in [6.45, 7) is 9.28. The van der Waals surface area contributed by atoms with Crippen LogP contribution >= 0.6 is 0 Å².